The minimum absolute atomic E-state index is 0.0409. The van der Waals surface area contributed by atoms with Crippen LogP contribution in [0.4, 0.5) is 5.69 Å². The number of halogens is 1. The van der Waals surface area contributed by atoms with E-state index in [-0.39, 0.29) is 5.91 Å². The molecule has 1 N–H and O–H groups in total. The Balaban J connectivity index is 2.63. The van der Waals surface area contributed by atoms with Crippen molar-refractivity contribution >= 4 is 23.2 Å². The third kappa shape index (κ3) is 3.53. The second-order valence-electron chi connectivity index (χ2n) is 3.21. The molecule has 3 nitrogen and oxygen atoms in total. The zero-order valence-corrected chi connectivity index (χ0v) is 9.71. The summed E-state index contributed by atoms with van der Waals surface area (Å²) in [7, 11) is 1.75. The standard InChI is InChI=1S/C11H15ClN2O/c1-3-13-8-11(15)14(2)10-6-4-9(12)5-7-10/h4-7,13H,3,8H2,1-2H3. The number of carbonyl (C=O) groups excluding carboxylic acids is 1. The summed E-state index contributed by atoms with van der Waals surface area (Å²) in [5, 5.41) is 3.67. The molecular formula is C11H15ClN2O. The number of likely N-dealkylation sites (N-methyl/N-ethyl adjacent to an activating group) is 2. The Morgan fingerprint density at radius 1 is 1.40 bits per heavy atom. The van der Waals surface area contributed by atoms with E-state index in [1.165, 1.54) is 0 Å². The molecule has 0 spiro atoms. The Hall–Kier alpha value is -1.06. The summed E-state index contributed by atoms with van der Waals surface area (Å²) in [5.41, 5.74) is 0.849. The maximum atomic E-state index is 11.6. The molecule has 0 aliphatic rings. The fourth-order valence-corrected chi connectivity index (χ4v) is 1.29. The maximum absolute atomic E-state index is 11.6. The number of carbonyl (C=O) groups is 1. The molecule has 0 saturated heterocycles. The highest BCUT2D eigenvalue weighted by Crippen LogP contribution is 2.16. The smallest absolute Gasteiger partial charge is 0.240 e. The Morgan fingerprint density at radius 3 is 2.53 bits per heavy atom. The van der Waals surface area contributed by atoms with Gasteiger partial charge in [-0.05, 0) is 30.8 Å². The molecule has 15 heavy (non-hydrogen) atoms. The van der Waals surface area contributed by atoms with Crippen LogP contribution in [-0.4, -0.2) is 26.0 Å². The van der Waals surface area contributed by atoms with E-state index in [9.17, 15) is 4.79 Å². The maximum Gasteiger partial charge on any atom is 0.240 e. The predicted octanol–water partition coefficient (Wildman–Crippen LogP) is 1.91. The Kier molecular flexibility index (Phi) is 4.59. The van der Waals surface area contributed by atoms with Gasteiger partial charge in [0.05, 0.1) is 6.54 Å². The average molecular weight is 227 g/mol. The highest BCUT2D eigenvalue weighted by molar-refractivity contribution is 6.30. The van der Waals surface area contributed by atoms with Crippen LogP contribution in [0.25, 0.3) is 0 Å². The molecule has 1 aromatic carbocycles. The van der Waals surface area contributed by atoms with Gasteiger partial charge in [0, 0.05) is 17.8 Å². The van der Waals surface area contributed by atoms with Crippen molar-refractivity contribution in [2.45, 2.75) is 6.92 Å². The summed E-state index contributed by atoms with van der Waals surface area (Å²) >= 11 is 5.76. The molecule has 0 aromatic heterocycles. The lowest BCUT2D eigenvalue weighted by Gasteiger charge is -2.17. The Morgan fingerprint density at radius 2 is 2.00 bits per heavy atom. The number of anilines is 1. The predicted molar refractivity (Wildman–Crippen MR) is 63.4 cm³/mol. The van der Waals surface area contributed by atoms with Crippen molar-refractivity contribution in [3.05, 3.63) is 29.3 Å². The van der Waals surface area contributed by atoms with Gasteiger partial charge < -0.3 is 10.2 Å². The van der Waals surface area contributed by atoms with Crippen LogP contribution in [0, 0.1) is 0 Å². The van der Waals surface area contributed by atoms with Crippen LogP contribution in [-0.2, 0) is 4.79 Å². The molecule has 1 aromatic rings. The first-order chi connectivity index (χ1) is 7.15. The molecule has 82 valence electrons. The second-order valence-corrected chi connectivity index (χ2v) is 3.65. The lowest BCUT2D eigenvalue weighted by molar-refractivity contribution is -0.117. The van der Waals surface area contributed by atoms with Crippen molar-refractivity contribution in [1.29, 1.82) is 0 Å². The summed E-state index contributed by atoms with van der Waals surface area (Å²) in [6.45, 7) is 3.12. The molecule has 0 fully saturated rings. The first kappa shape index (κ1) is 12.0. The third-order valence-corrected chi connectivity index (χ3v) is 2.37. The molecule has 0 aliphatic heterocycles. The molecule has 0 radical (unpaired) electrons. The number of benzene rings is 1. The minimum atomic E-state index is 0.0409. The van der Waals surface area contributed by atoms with Gasteiger partial charge in [0.2, 0.25) is 5.91 Å². The van der Waals surface area contributed by atoms with Crippen molar-refractivity contribution in [2.75, 3.05) is 25.0 Å². The van der Waals surface area contributed by atoms with Gasteiger partial charge in [0.15, 0.2) is 0 Å². The number of hydrogen-bond donors (Lipinski definition) is 1. The fourth-order valence-electron chi connectivity index (χ4n) is 1.16. The van der Waals surface area contributed by atoms with Gasteiger partial charge in [0.1, 0.15) is 0 Å². The van der Waals surface area contributed by atoms with E-state index in [1.54, 1.807) is 24.1 Å². The van der Waals surface area contributed by atoms with E-state index in [2.05, 4.69) is 5.32 Å². The van der Waals surface area contributed by atoms with E-state index in [1.807, 2.05) is 19.1 Å². The Labute approximate surface area is 95.0 Å². The second kappa shape index (κ2) is 5.73. The normalized spacial score (nSPS) is 10.1. The molecule has 0 saturated carbocycles. The van der Waals surface area contributed by atoms with Gasteiger partial charge in [-0.3, -0.25) is 4.79 Å². The lowest BCUT2D eigenvalue weighted by Crippen LogP contribution is -2.35. The molecule has 0 bridgehead atoms. The van der Waals surface area contributed by atoms with Gasteiger partial charge in [-0.1, -0.05) is 18.5 Å². The van der Waals surface area contributed by atoms with Crippen LogP contribution < -0.4 is 10.2 Å². The number of amides is 1. The van der Waals surface area contributed by atoms with E-state index in [4.69, 9.17) is 11.6 Å². The van der Waals surface area contributed by atoms with Gasteiger partial charge in [-0.25, -0.2) is 0 Å². The number of hydrogen-bond acceptors (Lipinski definition) is 2. The van der Waals surface area contributed by atoms with Crippen LogP contribution in [0.1, 0.15) is 6.92 Å². The molecule has 1 amide bonds. The van der Waals surface area contributed by atoms with E-state index >= 15 is 0 Å². The van der Waals surface area contributed by atoms with E-state index in [0.29, 0.717) is 11.6 Å². The van der Waals surface area contributed by atoms with Crippen molar-refractivity contribution in [3.8, 4) is 0 Å². The van der Waals surface area contributed by atoms with E-state index < -0.39 is 0 Å². The van der Waals surface area contributed by atoms with Gasteiger partial charge in [-0.2, -0.15) is 0 Å². The molecule has 0 aliphatic carbocycles. The van der Waals surface area contributed by atoms with Gasteiger partial charge in [-0.15, -0.1) is 0 Å². The molecule has 4 heteroatoms. The monoisotopic (exact) mass is 226 g/mol. The average Bonchev–Trinajstić information content (AvgIpc) is 2.26. The van der Waals surface area contributed by atoms with Crippen LogP contribution in [0.5, 0.6) is 0 Å². The SMILES string of the molecule is CCNCC(=O)N(C)c1ccc(Cl)cc1. The lowest BCUT2D eigenvalue weighted by atomic mass is 10.3. The summed E-state index contributed by atoms with van der Waals surface area (Å²) < 4.78 is 0. The molecule has 0 atom stereocenters. The highest BCUT2D eigenvalue weighted by Gasteiger charge is 2.09. The first-order valence-corrected chi connectivity index (χ1v) is 5.25. The van der Waals surface area contributed by atoms with Crippen LogP contribution >= 0.6 is 11.6 Å². The molecule has 0 unspecified atom stereocenters. The topological polar surface area (TPSA) is 32.3 Å². The number of nitrogens with one attached hydrogen (secondary N) is 1. The Bertz CT molecular complexity index is 324. The number of rotatable bonds is 4. The van der Waals surface area contributed by atoms with Crippen molar-refractivity contribution in [2.24, 2.45) is 0 Å². The molecule has 0 heterocycles. The largest absolute Gasteiger partial charge is 0.314 e. The van der Waals surface area contributed by atoms with Crippen LogP contribution in [0.3, 0.4) is 0 Å². The minimum Gasteiger partial charge on any atom is -0.314 e. The van der Waals surface area contributed by atoms with Gasteiger partial charge >= 0.3 is 0 Å². The van der Waals surface area contributed by atoms with Crippen LogP contribution in [0.2, 0.25) is 5.02 Å². The quantitative estimate of drug-likeness (QED) is 0.851. The summed E-state index contributed by atoms with van der Waals surface area (Å²) in [6.07, 6.45) is 0. The molecular weight excluding hydrogens is 212 g/mol. The van der Waals surface area contributed by atoms with Crippen molar-refractivity contribution in [3.63, 3.8) is 0 Å². The zero-order chi connectivity index (χ0) is 11.3. The number of nitrogens with zero attached hydrogens (tertiary/aromatic N) is 1. The van der Waals surface area contributed by atoms with Crippen LogP contribution in [0.15, 0.2) is 24.3 Å². The van der Waals surface area contributed by atoms with Gasteiger partial charge in [0.25, 0.3) is 0 Å². The zero-order valence-electron chi connectivity index (χ0n) is 8.96. The fraction of sp³-hybridized carbons (Fsp3) is 0.364. The first-order valence-electron chi connectivity index (χ1n) is 4.88. The van der Waals surface area contributed by atoms with Crippen molar-refractivity contribution < 1.29 is 4.79 Å². The molecule has 1 rings (SSSR count). The summed E-state index contributed by atoms with van der Waals surface area (Å²) in [5.74, 6) is 0.0409. The summed E-state index contributed by atoms with van der Waals surface area (Å²) in [6, 6.07) is 7.19. The van der Waals surface area contributed by atoms with E-state index in [0.717, 1.165) is 12.2 Å². The summed E-state index contributed by atoms with van der Waals surface area (Å²) in [4.78, 5) is 13.2. The highest BCUT2D eigenvalue weighted by atomic mass is 35.5. The van der Waals surface area contributed by atoms with Crippen molar-refractivity contribution in [1.82, 2.24) is 5.32 Å². The third-order valence-electron chi connectivity index (χ3n) is 2.11.